The molecule has 1 fully saturated rings. The largest absolute Gasteiger partial charge is 0.475 e. The lowest BCUT2D eigenvalue weighted by Gasteiger charge is -2.45. The first-order chi connectivity index (χ1) is 15.3. The summed E-state index contributed by atoms with van der Waals surface area (Å²) in [7, 11) is 0. The van der Waals surface area contributed by atoms with Gasteiger partial charge in [0.25, 0.3) is 5.90 Å². The van der Waals surface area contributed by atoms with E-state index in [1.165, 1.54) is 35.2 Å². The van der Waals surface area contributed by atoms with E-state index in [-0.39, 0.29) is 40.5 Å². The molecule has 33 heavy (non-hydrogen) atoms. The Morgan fingerprint density at radius 1 is 1.06 bits per heavy atom. The number of alkyl halides is 4. The lowest BCUT2D eigenvalue weighted by atomic mass is 9.86. The summed E-state index contributed by atoms with van der Waals surface area (Å²) in [6, 6.07) is 8.92. The van der Waals surface area contributed by atoms with E-state index in [2.05, 4.69) is 5.16 Å². The van der Waals surface area contributed by atoms with Gasteiger partial charge in [-0.25, -0.2) is 4.39 Å². The number of rotatable bonds is 4. The Bertz CT molecular complexity index is 1100. The van der Waals surface area contributed by atoms with Crippen LogP contribution in [0.2, 0.25) is 10.0 Å². The highest BCUT2D eigenvalue weighted by molar-refractivity contribution is 6.34. The monoisotopic (exact) mass is 504 g/mol. The number of likely N-dealkylation sites (tertiary alicyclic amines) is 1. The normalized spacial score (nSPS) is 21.8. The molecular weight excluding hydrogens is 487 g/mol. The van der Waals surface area contributed by atoms with Gasteiger partial charge in [0.15, 0.2) is 5.67 Å². The van der Waals surface area contributed by atoms with E-state index < -0.39 is 29.1 Å². The molecule has 1 amide bonds. The molecule has 0 bridgehead atoms. The SMILES string of the molecule is CC(C)C(=O)N1CC(F)(c2ccc(C3=NOC(c4cc(Cl)cc(Cl)c4)(C(F)(F)F)O3)cc2)C1. The summed E-state index contributed by atoms with van der Waals surface area (Å²) in [6.07, 6.45) is -5.02. The zero-order valence-electron chi connectivity index (χ0n) is 17.4. The van der Waals surface area contributed by atoms with Crippen molar-refractivity contribution in [3.05, 3.63) is 69.2 Å². The Hall–Kier alpha value is -2.52. The quantitative estimate of drug-likeness (QED) is 0.496. The van der Waals surface area contributed by atoms with Crippen LogP contribution in [0, 0.1) is 5.92 Å². The molecule has 2 aromatic rings. The first kappa shape index (κ1) is 23.6. The minimum Gasteiger partial charge on any atom is -0.419 e. The van der Waals surface area contributed by atoms with Crippen LogP contribution in [0.3, 0.4) is 0 Å². The third-order valence-electron chi connectivity index (χ3n) is 5.45. The standard InChI is InChI=1S/C22H18Cl2F4N2O3/c1-12(2)19(31)30-10-20(25,11-30)14-5-3-13(4-6-14)18-29-33-21(32-18,22(26,27)28)15-7-16(23)9-17(24)8-15/h3-9,12H,10-11H2,1-2H3. The molecule has 1 atom stereocenters. The molecule has 11 heteroatoms. The minimum atomic E-state index is -5.02. The molecule has 1 saturated heterocycles. The van der Waals surface area contributed by atoms with Crippen molar-refractivity contribution in [3.8, 4) is 0 Å². The number of nitrogens with zero attached hydrogens (tertiary/aromatic N) is 2. The summed E-state index contributed by atoms with van der Waals surface area (Å²) in [5, 5.41) is 3.41. The maximum Gasteiger partial charge on any atom is 0.475 e. The van der Waals surface area contributed by atoms with Gasteiger partial charge in [-0.05, 0) is 41.1 Å². The Morgan fingerprint density at radius 2 is 1.64 bits per heavy atom. The summed E-state index contributed by atoms with van der Waals surface area (Å²) in [6.45, 7) is 3.30. The van der Waals surface area contributed by atoms with E-state index in [1.54, 1.807) is 13.8 Å². The van der Waals surface area contributed by atoms with Crippen LogP contribution in [-0.4, -0.2) is 36.0 Å². The van der Waals surface area contributed by atoms with Crippen molar-refractivity contribution in [1.82, 2.24) is 4.90 Å². The molecule has 2 aromatic carbocycles. The van der Waals surface area contributed by atoms with Crippen LogP contribution in [0.25, 0.3) is 0 Å². The number of benzene rings is 2. The van der Waals surface area contributed by atoms with Crippen LogP contribution in [0.5, 0.6) is 0 Å². The Balaban J connectivity index is 1.55. The zero-order valence-corrected chi connectivity index (χ0v) is 18.9. The van der Waals surface area contributed by atoms with Crippen molar-refractivity contribution in [2.75, 3.05) is 13.1 Å². The van der Waals surface area contributed by atoms with Gasteiger partial charge in [0.2, 0.25) is 5.91 Å². The van der Waals surface area contributed by atoms with E-state index in [4.69, 9.17) is 32.8 Å². The van der Waals surface area contributed by atoms with Crippen molar-refractivity contribution in [2.24, 2.45) is 11.1 Å². The lowest BCUT2D eigenvalue weighted by molar-refractivity contribution is -0.352. The molecule has 2 aliphatic heterocycles. The first-order valence-electron chi connectivity index (χ1n) is 9.92. The second-order valence-electron chi connectivity index (χ2n) is 8.25. The predicted octanol–water partition coefficient (Wildman–Crippen LogP) is 5.78. The van der Waals surface area contributed by atoms with Gasteiger partial charge in [0, 0.05) is 21.5 Å². The van der Waals surface area contributed by atoms with Crippen LogP contribution >= 0.6 is 23.2 Å². The molecule has 0 aliphatic carbocycles. The number of hydrogen-bond acceptors (Lipinski definition) is 4. The van der Waals surface area contributed by atoms with Gasteiger partial charge in [-0.1, -0.05) is 49.2 Å². The molecule has 5 nitrogen and oxygen atoms in total. The smallest absolute Gasteiger partial charge is 0.419 e. The van der Waals surface area contributed by atoms with Gasteiger partial charge in [0.1, 0.15) is 0 Å². The summed E-state index contributed by atoms with van der Waals surface area (Å²) in [5.41, 5.74) is -1.76. The molecule has 4 rings (SSSR count). The highest BCUT2D eigenvalue weighted by atomic mass is 35.5. The van der Waals surface area contributed by atoms with Gasteiger partial charge in [-0.3, -0.25) is 4.79 Å². The first-order valence-corrected chi connectivity index (χ1v) is 10.7. The highest BCUT2D eigenvalue weighted by Crippen LogP contribution is 2.48. The van der Waals surface area contributed by atoms with E-state index in [9.17, 15) is 18.0 Å². The Labute approximate surface area is 196 Å². The van der Waals surface area contributed by atoms with Gasteiger partial charge in [-0.2, -0.15) is 13.2 Å². The van der Waals surface area contributed by atoms with Crippen LogP contribution in [0.15, 0.2) is 47.6 Å². The molecule has 1 unspecified atom stereocenters. The van der Waals surface area contributed by atoms with E-state index >= 15 is 4.39 Å². The Kier molecular flexibility index (Phi) is 5.77. The van der Waals surface area contributed by atoms with Crippen LogP contribution in [0.4, 0.5) is 17.6 Å². The zero-order chi connectivity index (χ0) is 24.2. The van der Waals surface area contributed by atoms with Crippen molar-refractivity contribution in [3.63, 3.8) is 0 Å². The third kappa shape index (κ3) is 4.12. The van der Waals surface area contributed by atoms with Crippen LogP contribution < -0.4 is 0 Å². The van der Waals surface area contributed by atoms with Crippen LogP contribution in [0.1, 0.15) is 30.5 Å². The number of halogens is 6. The predicted molar refractivity (Wildman–Crippen MR) is 114 cm³/mol. The number of carbonyl (C=O) groups is 1. The molecule has 0 aromatic heterocycles. The van der Waals surface area contributed by atoms with E-state index in [0.29, 0.717) is 5.56 Å². The topological polar surface area (TPSA) is 51.1 Å². The Morgan fingerprint density at radius 3 is 2.15 bits per heavy atom. The van der Waals surface area contributed by atoms with Crippen molar-refractivity contribution in [1.29, 1.82) is 0 Å². The number of carbonyl (C=O) groups excluding carboxylic acids is 1. The second-order valence-corrected chi connectivity index (χ2v) is 9.13. The molecule has 2 aliphatic rings. The average molecular weight is 505 g/mol. The molecule has 0 saturated carbocycles. The number of amides is 1. The summed E-state index contributed by atoms with van der Waals surface area (Å²) < 4.78 is 62.3. The molecule has 0 spiro atoms. The van der Waals surface area contributed by atoms with Crippen molar-refractivity contribution >= 4 is 35.0 Å². The lowest BCUT2D eigenvalue weighted by Crippen LogP contribution is -2.59. The van der Waals surface area contributed by atoms with E-state index in [0.717, 1.165) is 12.1 Å². The molecular formula is C22H18Cl2F4N2O3. The molecule has 0 radical (unpaired) electrons. The van der Waals surface area contributed by atoms with Crippen molar-refractivity contribution in [2.45, 2.75) is 31.5 Å². The summed E-state index contributed by atoms with van der Waals surface area (Å²) >= 11 is 11.7. The average Bonchev–Trinajstić information content (AvgIpc) is 3.17. The molecule has 0 N–H and O–H groups in total. The number of oxime groups is 1. The minimum absolute atomic E-state index is 0.0372. The maximum atomic E-state index is 15.1. The fourth-order valence-electron chi connectivity index (χ4n) is 3.69. The fourth-order valence-corrected chi connectivity index (χ4v) is 4.22. The van der Waals surface area contributed by atoms with Gasteiger partial charge < -0.3 is 14.5 Å². The highest BCUT2D eigenvalue weighted by Gasteiger charge is 2.66. The van der Waals surface area contributed by atoms with Gasteiger partial charge in [0.05, 0.1) is 18.7 Å². The van der Waals surface area contributed by atoms with Gasteiger partial charge >= 0.3 is 12.0 Å². The maximum absolute atomic E-state index is 15.1. The summed E-state index contributed by atoms with van der Waals surface area (Å²) in [5.74, 6) is -4.05. The van der Waals surface area contributed by atoms with Crippen LogP contribution in [-0.2, 0) is 25.8 Å². The number of hydrogen-bond donors (Lipinski definition) is 0. The molecule has 2 heterocycles. The fraction of sp³-hybridized carbons (Fsp3) is 0.364. The second kappa shape index (κ2) is 8.06. The molecule has 176 valence electrons. The summed E-state index contributed by atoms with van der Waals surface area (Å²) in [4.78, 5) is 18.2. The van der Waals surface area contributed by atoms with Gasteiger partial charge in [-0.15, -0.1) is 0 Å². The third-order valence-corrected chi connectivity index (χ3v) is 5.89. The van der Waals surface area contributed by atoms with Crippen molar-refractivity contribution < 1.29 is 31.9 Å². The van der Waals surface area contributed by atoms with E-state index in [1.807, 2.05) is 0 Å². The number of ether oxygens (including phenoxy) is 1.